The van der Waals surface area contributed by atoms with Gasteiger partial charge in [-0.05, 0) is 37.8 Å². The maximum absolute atomic E-state index is 12.7. The van der Waals surface area contributed by atoms with E-state index in [1.54, 1.807) is 24.5 Å². The third-order valence-electron chi connectivity index (χ3n) is 5.54. The Balaban J connectivity index is 1.44. The summed E-state index contributed by atoms with van der Waals surface area (Å²) in [5.74, 6) is -0.181. The van der Waals surface area contributed by atoms with Crippen molar-refractivity contribution in [2.75, 3.05) is 39.4 Å². The first-order chi connectivity index (χ1) is 13.6. The van der Waals surface area contributed by atoms with Crippen LogP contribution >= 0.6 is 0 Å². The van der Waals surface area contributed by atoms with Crippen LogP contribution in [-0.4, -0.2) is 73.2 Å². The van der Waals surface area contributed by atoms with Gasteiger partial charge in [-0.3, -0.25) is 19.5 Å². The van der Waals surface area contributed by atoms with E-state index in [4.69, 9.17) is 10.5 Å². The van der Waals surface area contributed by atoms with Crippen molar-refractivity contribution in [1.29, 1.82) is 0 Å². The topological polar surface area (TPSA) is 110 Å². The number of carbonyl (C=O) groups is 2. The molecule has 2 amide bonds. The van der Waals surface area contributed by atoms with Gasteiger partial charge in [-0.15, -0.1) is 0 Å². The quantitative estimate of drug-likeness (QED) is 0.598. The molecule has 3 rings (SSSR count). The first kappa shape index (κ1) is 20.7. The van der Waals surface area contributed by atoms with Gasteiger partial charge in [0, 0.05) is 69.4 Å². The monoisotopic (exact) mass is 389 g/mol. The molecular weight excluding hydrogens is 358 g/mol. The zero-order chi connectivity index (χ0) is 19.8. The molecule has 4 N–H and O–H groups in total. The Bertz CT molecular complexity index is 636. The van der Waals surface area contributed by atoms with Crippen LogP contribution in [0.25, 0.3) is 0 Å². The minimum atomic E-state index is -0.164. The normalized spacial score (nSPS) is 24.3. The summed E-state index contributed by atoms with van der Waals surface area (Å²) < 4.78 is 5.46. The summed E-state index contributed by atoms with van der Waals surface area (Å²) >= 11 is 0. The molecule has 8 heteroatoms. The first-order valence-electron chi connectivity index (χ1n) is 10.2. The van der Waals surface area contributed by atoms with E-state index in [0.29, 0.717) is 24.7 Å². The third-order valence-corrected chi connectivity index (χ3v) is 5.54. The number of pyridine rings is 1. The predicted molar refractivity (Wildman–Crippen MR) is 106 cm³/mol. The molecule has 0 spiro atoms. The largest absolute Gasteiger partial charge is 0.381 e. The van der Waals surface area contributed by atoms with Gasteiger partial charge in [-0.25, -0.2) is 0 Å². The lowest BCUT2D eigenvalue weighted by molar-refractivity contribution is -0.125. The Morgan fingerprint density at radius 2 is 1.79 bits per heavy atom. The molecular formula is C20H31N5O3. The molecule has 1 aromatic rings. The second-order valence-corrected chi connectivity index (χ2v) is 7.61. The summed E-state index contributed by atoms with van der Waals surface area (Å²) in [4.78, 5) is 31.0. The highest BCUT2D eigenvalue weighted by molar-refractivity contribution is 5.93. The summed E-state index contributed by atoms with van der Waals surface area (Å²) in [5.41, 5.74) is 6.81. The van der Waals surface area contributed by atoms with E-state index in [0.717, 1.165) is 52.0 Å². The van der Waals surface area contributed by atoms with Gasteiger partial charge in [0.25, 0.3) is 5.91 Å². The second kappa shape index (κ2) is 10.5. The van der Waals surface area contributed by atoms with Crippen molar-refractivity contribution in [3.63, 3.8) is 0 Å². The van der Waals surface area contributed by atoms with E-state index in [-0.39, 0.29) is 23.8 Å². The van der Waals surface area contributed by atoms with Gasteiger partial charge >= 0.3 is 0 Å². The number of likely N-dealkylation sites (tertiary alicyclic amines) is 1. The van der Waals surface area contributed by atoms with Crippen LogP contribution in [-0.2, 0) is 9.53 Å². The van der Waals surface area contributed by atoms with Gasteiger partial charge in [0.1, 0.15) is 0 Å². The number of aromatic nitrogens is 1. The molecule has 0 unspecified atom stereocenters. The van der Waals surface area contributed by atoms with Gasteiger partial charge in [0.15, 0.2) is 0 Å². The summed E-state index contributed by atoms with van der Waals surface area (Å²) in [6.07, 6.45) is 6.83. The maximum Gasteiger partial charge on any atom is 0.251 e. The van der Waals surface area contributed by atoms with Crippen LogP contribution in [0.4, 0.5) is 0 Å². The molecule has 154 valence electrons. The zero-order valence-electron chi connectivity index (χ0n) is 16.3. The number of nitrogens with zero attached hydrogens (tertiary/aromatic N) is 2. The number of ether oxygens (including phenoxy) is 1. The van der Waals surface area contributed by atoms with E-state index in [9.17, 15) is 9.59 Å². The van der Waals surface area contributed by atoms with E-state index in [1.807, 2.05) is 0 Å². The molecule has 2 aliphatic rings. The fraction of sp³-hybridized carbons (Fsp3) is 0.650. The highest BCUT2D eigenvalue weighted by Crippen LogP contribution is 2.22. The van der Waals surface area contributed by atoms with Crippen molar-refractivity contribution in [2.45, 2.75) is 37.8 Å². The number of nitrogens with one attached hydrogen (secondary N) is 2. The number of hydrogen-bond donors (Lipinski definition) is 3. The Kier molecular flexibility index (Phi) is 7.76. The van der Waals surface area contributed by atoms with Crippen molar-refractivity contribution in [1.82, 2.24) is 20.5 Å². The highest BCUT2D eigenvalue weighted by Gasteiger charge is 2.31. The molecule has 3 heterocycles. The Morgan fingerprint density at radius 3 is 2.54 bits per heavy atom. The number of amides is 2. The Morgan fingerprint density at radius 1 is 1.07 bits per heavy atom. The summed E-state index contributed by atoms with van der Waals surface area (Å²) in [6.45, 7) is 3.96. The molecule has 8 nitrogen and oxygen atoms in total. The minimum Gasteiger partial charge on any atom is -0.381 e. The fourth-order valence-electron chi connectivity index (χ4n) is 3.93. The van der Waals surface area contributed by atoms with Crippen LogP contribution in [0.2, 0.25) is 0 Å². The molecule has 0 radical (unpaired) electrons. The molecule has 0 aliphatic carbocycles. The maximum atomic E-state index is 12.7. The van der Waals surface area contributed by atoms with Gasteiger partial charge < -0.3 is 21.1 Å². The Labute approximate surface area is 166 Å². The predicted octanol–water partition coefficient (Wildman–Crippen LogP) is 0.146. The summed E-state index contributed by atoms with van der Waals surface area (Å²) in [7, 11) is 0. The van der Waals surface area contributed by atoms with Crippen LogP contribution in [0.5, 0.6) is 0 Å². The van der Waals surface area contributed by atoms with Crippen LogP contribution in [0, 0.1) is 5.92 Å². The zero-order valence-corrected chi connectivity index (χ0v) is 16.3. The molecule has 2 saturated heterocycles. The summed E-state index contributed by atoms with van der Waals surface area (Å²) in [6, 6.07) is 3.88. The smallest absolute Gasteiger partial charge is 0.251 e. The number of carbonyl (C=O) groups excluding carboxylic acids is 2. The van der Waals surface area contributed by atoms with Crippen molar-refractivity contribution >= 4 is 11.8 Å². The molecule has 0 aromatic carbocycles. The molecule has 2 aliphatic heterocycles. The number of hydrogen-bond acceptors (Lipinski definition) is 6. The van der Waals surface area contributed by atoms with Gasteiger partial charge in [0.2, 0.25) is 5.91 Å². The van der Waals surface area contributed by atoms with Crippen molar-refractivity contribution in [3.05, 3.63) is 30.1 Å². The van der Waals surface area contributed by atoms with E-state index in [1.165, 1.54) is 0 Å². The standard InChI is InChI=1S/C20H31N5O3/c21-17-2-1-16(13-25(14-17)18-5-11-28-12-6-18)20(27)24-10-9-23-19(26)15-3-7-22-8-4-15/h3-4,7-8,16-18H,1-2,5-6,9-14,21H2,(H,23,26)(H,24,27)/t16-,17+/m1/s1. The van der Waals surface area contributed by atoms with E-state index < -0.39 is 0 Å². The second-order valence-electron chi connectivity index (χ2n) is 7.61. The van der Waals surface area contributed by atoms with Crippen LogP contribution in [0.3, 0.4) is 0 Å². The average Bonchev–Trinajstić information content (AvgIpc) is 2.94. The van der Waals surface area contributed by atoms with Crippen molar-refractivity contribution in [3.8, 4) is 0 Å². The molecule has 0 saturated carbocycles. The van der Waals surface area contributed by atoms with Gasteiger partial charge in [-0.1, -0.05) is 0 Å². The lowest BCUT2D eigenvalue weighted by Gasteiger charge is -2.35. The van der Waals surface area contributed by atoms with Crippen molar-refractivity contribution < 1.29 is 14.3 Å². The number of nitrogens with two attached hydrogens (primary N) is 1. The minimum absolute atomic E-state index is 0.0457. The van der Waals surface area contributed by atoms with Gasteiger partial charge in [0.05, 0.1) is 5.92 Å². The summed E-state index contributed by atoms with van der Waals surface area (Å²) in [5, 5.41) is 5.78. The van der Waals surface area contributed by atoms with Crippen LogP contribution in [0.15, 0.2) is 24.5 Å². The van der Waals surface area contributed by atoms with Crippen molar-refractivity contribution in [2.24, 2.45) is 11.7 Å². The van der Waals surface area contributed by atoms with Crippen LogP contribution in [0.1, 0.15) is 36.0 Å². The van der Waals surface area contributed by atoms with E-state index >= 15 is 0 Å². The fourth-order valence-corrected chi connectivity index (χ4v) is 3.93. The number of rotatable bonds is 6. The van der Waals surface area contributed by atoms with Crippen LogP contribution < -0.4 is 16.4 Å². The Hall–Kier alpha value is -2.03. The average molecular weight is 390 g/mol. The molecule has 0 bridgehead atoms. The lowest BCUT2D eigenvalue weighted by atomic mass is 10.0. The molecule has 2 fully saturated rings. The van der Waals surface area contributed by atoms with Gasteiger partial charge in [-0.2, -0.15) is 0 Å². The third kappa shape index (κ3) is 5.98. The molecule has 28 heavy (non-hydrogen) atoms. The first-order valence-corrected chi connectivity index (χ1v) is 10.2. The molecule has 2 atom stereocenters. The SMILES string of the molecule is N[C@H]1CC[C@@H](C(=O)NCCNC(=O)c2ccncc2)CN(C2CCOCC2)C1. The highest BCUT2D eigenvalue weighted by atomic mass is 16.5. The van der Waals surface area contributed by atoms with E-state index in [2.05, 4.69) is 20.5 Å². The lowest BCUT2D eigenvalue weighted by Crippen LogP contribution is -2.47. The molecule has 1 aromatic heterocycles.